The number of hydrogen-bond acceptors (Lipinski definition) is 5. The van der Waals surface area contributed by atoms with Crippen LogP contribution in [0.3, 0.4) is 0 Å². The van der Waals surface area contributed by atoms with Gasteiger partial charge in [-0.1, -0.05) is 54.6 Å². The molecule has 0 unspecified atom stereocenters. The first kappa shape index (κ1) is 22.0. The molecule has 0 amide bonds. The van der Waals surface area contributed by atoms with Gasteiger partial charge in [-0.05, 0) is 43.4 Å². The number of ether oxygens (including phenoxy) is 2. The average molecular weight is 432 g/mol. The summed E-state index contributed by atoms with van der Waals surface area (Å²) < 4.78 is 10.8. The van der Waals surface area contributed by atoms with Crippen LogP contribution in [0.25, 0.3) is 11.1 Å². The molecular formula is C27H29NO4. The molecule has 0 saturated carbocycles. The molecule has 0 saturated heterocycles. The summed E-state index contributed by atoms with van der Waals surface area (Å²) in [6.45, 7) is 4.89. The maximum atomic E-state index is 13.1. The summed E-state index contributed by atoms with van der Waals surface area (Å²) in [7, 11) is 0. The van der Waals surface area contributed by atoms with E-state index >= 15 is 0 Å². The Hall–Kier alpha value is -3.18. The molecule has 2 aliphatic rings. The highest BCUT2D eigenvalue weighted by molar-refractivity contribution is 6.03. The molecule has 2 aromatic rings. The number of nitrogens with one attached hydrogen (secondary N) is 1. The Morgan fingerprint density at radius 2 is 1.72 bits per heavy atom. The highest BCUT2D eigenvalue weighted by Crippen LogP contribution is 2.42. The lowest BCUT2D eigenvalue weighted by molar-refractivity contribution is -0.140. The van der Waals surface area contributed by atoms with Crippen LogP contribution in [-0.2, 0) is 19.1 Å². The second-order valence-electron chi connectivity index (χ2n) is 8.09. The Bertz CT molecular complexity index is 1050. The fourth-order valence-corrected chi connectivity index (χ4v) is 4.50. The predicted octanol–water partition coefficient (Wildman–Crippen LogP) is 4.90. The maximum absolute atomic E-state index is 13.1. The average Bonchev–Trinajstić information content (AvgIpc) is 2.82. The number of allylic oxidation sites excluding steroid dienone is 3. The van der Waals surface area contributed by atoms with Gasteiger partial charge in [0, 0.05) is 35.9 Å². The molecule has 166 valence electrons. The molecule has 1 heterocycles. The van der Waals surface area contributed by atoms with Gasteiger partial charge in [-0.15, -0.1) is 0 Å². The van der Waals surface area contributed by atoms with Gasteiger partial charge in [-0.2, -0.15) is 0 Å². The summed E-state index contributed by atoms with van der Waals surface area (Å²) in [5, 5.41) is 3.32. The van der Waals surface area contributed by atoms with Gasteiger partial charge in [0.25, 0.3) is 0 Å². The first-order valence-corrected chi connectivity index (χ1v) is 11.2. The zero-order chi connectivity index (χ0) is 22.5. The van der Waals surface area contributed by atoms with Crippen molar-refractivity contribution in [2.45, 2.75) is 39.0 Å². The number of benzene rings is 2. The van der Waals surface area contributed by atoms with Crippen LogP contribution in [-0.4, -0.2) is 31.6 Å². The molecular weight excluding hydrogens is 402 g/mol. The van der Waals surface area contributed by atoms with Gasteiger partial charge in [0.1, 0.15) is 6.61 Å². The molecule has 32 heavy (non-hydrogen) atoms. The first-order valence-electron chi connectivity index (χ1n) is 11.2. The van der Waals surface area contributed by atoms with Crippen LogP contribution in [0, 0.1) is 0 Å². The lowest BCUT2D eigenvalue weighted by Crippen LogP contribution is -2.34. The van der Waals surface area contributed by atoms with Gasteiger partial charge in [0.2, 0.25) is 0 Å². The van der Waals surface area contributed by atoms with E-state index in [1.807, 2.05) is 56.3 Å². The molecule has 5 nitrogen and oxygen atoms in total. The summed E-state index contributed by atoms with van der Waals surface area (Å²) >= 11 is 0. The van der Waals surface area contributed by atoms with Gasteiger partial charge in [-0.25, -0.2) is 4.79 Å². The second kappa shape index (κ2) is 9.96. The van der Waals surface area contributed by atoms with Crippen LogP contribution in [0.5, 0.6) is 0 Å². The molecule has 2 aromatic carbocycles. The largest absolute Gasteiger partial charge is 0.460 e. The number of carbonyl (C=O) groups excluding carboxylic acids is 2. The summed E-state index contributed by atoms with van der Waals surface area (Å²) in [4.78, 5) is 26.1. The standard InChI is InChI=1S/C27H29NO4/c1-3-31-16-17-32-27(30)24-18(2)28-22-10-7-11-23(29)26(22)25(24)21-14-12-20(13-15-21)19-8-5-4-6-9-19/h4-6,8-9,12-15,25,28H,3,7,10-11,16-17H2,1-2H3/t25-/m1/s1. The van der Waals surface area contributed by atoms with Crippen molar-refractivity contribution in [3.8, 4) is 11.1 Å². The van der Waals surface area contributed by atoms with Crippen LogP contribution < -0.4 is 5.32 Å². The third-order valence-electron chi connectivity index (χ3n) is 6.01. The Morgan fingerprint density at radius 1 is 1.00 bits per heavy atom. The van der Waals surface area contributed by atoms with Crippen molar-refractivity contribution in [3.05, 3.63) is 82.7 Å². The van der Waals surface area contributed by atoms with Crippen LogP contribution in [0.15, 0.2) is 77.1 Å². The number of hydrogen-bond donors (Lipinski definition) is 1. The molecule has 0 aromatic heterocycles. The number of rotatable bonds is 7. The summed E-state index contributed by atoms with van der Waals surface area (Å²) in [5.41, 5.74) is 6.02. The molecule has 0 fully saturated rings. The van der Waals surface area contributed by atoms with E-state index in [2.05, 4.69) is 17.4 Å². The highest BCUT2D eigenvalue weighted by atomic mass is 16.6. The monoisotopic (exact) mass is 431 g/mol. The third kappa shape index (κ3) is 4.53. The van der Waals surface area contributed by atoms with E-state index in [9.17, 15) is 9.59 Å². The van der Waals surface area contributed by atoms with Crippen molar-refractivity contribution < 1.29 is 19.1 Å². The number of Topliss-reactive ketones (excluding diaryl/α,β-unsaturated/α-hetero) is 1. The number of carbonyl (C=O) groups is 2. The van der Waals surface area contributed by atoms with E-state index in [0.717, 1.165) is 40.9 Å². The molecule has 1 N–H and O–H groups in total. The van der Waals surface area contributed by atoms with Crippen molar-refractivity contribution in [3.63, 3.8) is 0 Å². The first-order chi connectivity index (χ1) is 15.6. The van der Waals surface area contributed by atoms with Crippen LogP contribution >= 0.6 is 0 Å². The quantitative estimate of drug-likeness (QED) is 0.499. The van der Waals surface area contributed by atoms with Gasteiger partial charge in [0.05, 0.1) is 12.2 Å². The fourth-order valence-electron chi connectivity index (χ4n) is 4.50. The minimum Gasteiger partial charge on any atom is -0.460 e. The molecule has 0 bridgehead atoms. The highest BCUT2D eigenvalue weighted by Gasteiger charge is 2.39. The second-order valence-corrected chi connectivity index (χ2v) is 8.09. The van der Waals surface area contributed by atoms with Crippen LogP contribution in [0.4, 0.5) is 0 Å². The number of dihydropyridines is 1. The van der Waals surface area contributed by atoms with Gasteiger partial charge in [-0.3, -0.25) is 4.79 Å². The third-order valence-corrected chi connectivity index (χ3v) is 6.01. The zero-order valence-corrected chi connectivity index (χ0v) is 18.6. The number of ketones is 1. The van der Waals surface area contributed by atoms with Crippen LogP contribution in [0.2, 0.25) is 0 Å². The normalized spacial score (nSPS) is 18.3. The smallest absolute Gasteiger partial charge is 0.336 e. The minimum atomic E-state index is -0.427. The van der Waals surface area contributed by atoms with E-state index in [4.69, 9.17) is 9.47 Å². The van der Waals surface area contributed by atoms with Crippen molar-refractivity contribution in [1.29, 1.82) is 0 Å². The van der Waals surface area contributed by atoms with Gasteiger partial charge >= 0.3 is 5.97 Å². The SMILES string of the molecule is CCOCCOC(=O)C1=C(C)NC2=C(C(=O)CCC2)[C@@H]1c1ccc(-c2ccccc2)cc1. The van der Waals surface area contributed by atoms with Crippen molar-refractivity contribution >= 4 is 11.8 Å². The Balaban J connectivity index is 1.70. The molecule has 1 aliphatic carbocycles. The summed E-state index contributed by atoms with van der Waals surface area (Å²) in [5.74, 6) is -0.733. The maximum Gasteiger partial charge on any atom is 0.336 e. The van der Waals surface area contributed by atoms with Crippen molar-refractivity contribution in [1.82, 2.24) is 5.32 Å². The van der Waals surface area contributed by atoms with E-state index in [1.165, 1.54) is 0 Å². The Labute approximate surface area is 189 Å². The van der Waals surface area contributed by atoms with Crippen molar-refractivity contribution in [2.24, 2.45) is 0 Å². The van der Waals surface area contributed by atoms with Crippen LogP contribution in [0.1, 0.15) is 44.6 Å². The molecule has 4 rings (SSSR count). The Kier molecular flexibility index (Phi) is 6.86. The van der Waals surface area contributed by atoms with E-state index in [0.29, 0.717) is 30.8 Å². The van der Waals surface area contributed by atoms with E-state index < -0.39 is 11.9 Å². The molecule has 1 aliphatic heterocycles. The van der Waals surface area contributed by atoms with Crippen molar-refractivity contribution in [2.75, 3.05) is 19.8 Å². The molecule has 0 radical (unpaired) electrons. The minimum absolute atomic E-state index is 0.100. The number of esters is 1. The van der Waals surface area contributed by atoms with E-state index in [-0.39, 0.29) is 12.4 Å². The Morgan fingerprint density at radius 3 is 2.44 bits per heavy atom. The summed E-state index contributed by atoms with van der Waals surface area (Å²) in [6, 6.07) is 18.3. The molecule has 1 atom stereocenters. The topological polar surface area (TPSA) is 64.6 Å². The summed E-state index contributed by atoms with van der Waals surface area (Å²) in [6.07, 6.45) is 2.14. The lowest BCUT2D eigenvalue weighted by Gasteiger charge is -2.34. The molecule has 5 heteroatoms. The zero-order valence-electron chi connectivity index (χ0n) is 18.6. The fraction of sp³-hybridized carbons (Fsp3) is 0.333. The molecule has 0 spiro atoms. The predicted molar refractivity (Wildman–Crippen MR) is 124 cm³/mol. The van der Waals surface area contributed by atoms with Gasteiger partial charge in [0.15, 0.2) is 5.78 Å². The lowest BCUT2D eigenvalue weighted by atomic mass is 9.75. The van der Waals surface area contributed by atoms with E-state index in [1.54, 1.807) is 0 Å². The van der Waals surface area contributed by atoms with Gasteiger partial charge < -0.3 is 14.8 Å².